The van der Waals surface area contributed by atoms with E-state index in [1.54, 1.807) is 0 Å². The van der Waals surface area contributed by atoms with Crippen molar-refractivity contribution in [3.63, 3.8) is 0 Å². The fraction of sp³-hybridized carbons (Fsp3) is 0.182. The van der Waals surface area contributed by atoms with Gasteiger partial charge in [-0.1, -0.05) is 17.8 Å². The third-order valence-electron chi connectivity index (χ3n) is 2.52. The lowest BCUT2D eigenvalue weighted by atomic mass is 10.2. The first-order valence-electron chi connectivity index (χ1n) is 5.87. The maximum atomic E-state index is 11.9. The van der Waals surface area contributed by atoms with E-state index in [1.807, 2.05) is 25.1 Å². The molecule has 1 aromatic heterocycles. The summed E-state index contributed by atoms with van der Waals surface area (Å²) in [6.45, 7) is 1.98. The minimum Gasteiger partial charge on any atom is -0.334 e. The molecular weight excluding hydrogens is 358 g/mol. The summed E-state index contributed by atoms with van der Waals surface area (Å²) in [4.78, 5) is 11.9. The third kappa shape index (κ3) is 3.86. The Morgan fingerprint density at radius 2 is 2.24 bits per heavy atom. The van der Waals surface area contributed by atoms with Gasteiger partial charge in [0.25, 0.3) is 5.95 Å². The van der Waals surface area contributed by atoms with Gasteiger partial charge < -0.3 is 11.2 Å². The minimum atomic E-state index is -0.171. The molecule has 0 fully saturated rings. The van der Waals surface area contributed by atoms with Gasteiger partial charge in [-0.2, -0.15) is 0 Å². The summed E-state index contributed by atoms with van der Waals surface area (Å²) < 4.78 is 2.01. The molecule has 0 saturated heterocycles. The normalized spacial score (nSPS) is 10.4. The molecule has 0 unspecified atom stereocenters. The molecule has 2 rings (SSSR count). The first-order valence-corrected chi connectivity index (χ1v) is 7.65. The van der Waals surface area contributed by atoms with Gasteiger partial charge >= 0.3 is 0 Å². The number of aromatic nitrogens is 3. The van der Waals surface area contributed by atoms with E-state index in [-0.39, 0.29) is 17.6 Å². The van der Waals surface area contributed by atoms with Crippen LogP contribution >= 0.6 is 27.7 Å². The average Bonchev–Trinajstić information content (AvgIpc) is 2.80. The third-order valence-corrected chi connectivity index (χ3v) is 4.12. The Hall–Kier alpha value is -1.78. The van der Waals surface area contributed by atoms with Crippen molar-refractivity contribution in [2.45, 2.75) is 12.1 Å². The lowest BCUT2D eigenvalue weighted by Gasteiger charge is -2.08. The molecule has 0 aliphatic heterocycles. The summed E-state index contributed by atoms with van der Waals surface area (Å²) >= 11 is 4.57. The zero-order chi connectivity index (χ0) is 15.4. The smallest absolute Gasteiger partial charge is 0.258 e. The number of carbonyl (C=O) groups excluding carboxylic acids is 1. The molecule has 0 bridgehead atoms. The number of nitrogens with two attached hydrogens (primary N) is 2. The molecule has 0 saturated carbocycles. The van der Waals surface area contributed by atoms with Crippen LogP contribution in [0, 0.1) is 6.92 Å². The number of nitrogen functional groups attached to an aromatic ring is 2. The zero-order valence-electron chi connectivity index (χ0n) is 11.1. The van der Waals surface area contributed by atoms with Gasteiger partial charge in [-0.3, -0.25) is 10.2 Å². The Balaban J connectivity index is 1.94. The maximum Gasteiger partial charge on any atom is 0.258 e. The zero-order valence-corrected chi connectivity index (χ0v) is 13.5. The lowest BCUT2D eigenvalue weighted by molar-refractivity contribution is -0.113. The number of hydrazine groups is 1. The van der Waals surface area contributed by atoms with Crippen LogP contribution in [0.1, 0.15) is 5.56 Å². The molecule has 2 aromatic rings. The predicted octanol–water partition coefficient (Wildman–Crippen LogP) is 1.08. The van der Waals surface area contributed by atoms with Crippen LogP contribution in [0.3, 0.4) is 0 Å². The summed E-state index contributed by atoms with van der Waals surface area (Å²) in [5.74, 6) is 11.1. The van der Waals surface area contributed by atoms with Crippen LogP contribution in [0.2, 0.25) is 0 Å². The van der Waals surface area contributed by atoms with Gasteiger partial charge in [-0.15, -0.1) is 10.2 Å². The summed E-state index contributed by atoms with van der Waals surface area (Å²) in [5.41, 5.74) is 4.12. The summed E-state index contributed by atoms with van der Waals surface area (Å²) in [7, 11) is 0. The van der Waals surface area contributed by atoms with Crippen LogP contribution in [-0.2, 0) is 4.79 Å². The number of nitrogens with zero attached hydrogens (tertiary/aromatic N) is 3. The summed E-state index contributed by atoms with van der Waals surface area (Å²) in [6.07, 6.45) is 0. The van der Waals surface area contributed by atoms with E-state index in [4.69, 9.17) is 11.7 Å². The second kappa shape index (κ2) is 6.78. The van der Waals surface area contributed by atoms with Crippen molar-refractivity contribution in [3.05, 3.63) is 28.2 Å². The second-order valence-corrected chi connectivity index (χ2v) is 5.94. The number of benzene rings is 1. The molecule has 6 N–H and O–H groups in total. The van der Waals surface area contributed by atoms with Gasteiger partial charge in [0.1, 0.15) is 0 Å². The number of hydrogen-bond acceptors (Lipinski definition) is 7. The van der Waals surface area contributed by atoms with Crippen LogP contribution in [0.25, 0.3) is 0 Å². The minimum absolute atomic E-state index is 0.153. The number of carbonyl (C=O) groups is 1. The van der Waals surface area contributed by atoms with Gasteiger partial charge in [0.2, 0.25) is 11.1 Å². The molecule has 1 amide bonds. The molecule has 0 radical (unpaired) electrons. The van der Waals surface area contributed by atoms with E-state index in [9.17, 15) is 4.79 Å². The van der Waals surface area contributed by atoms with E-state index >= 15 is 0 Å². The van der Waals surface area contributed by atoms with Gasteiger partial charge in [0, 0.05) is 4.47 Å². The number of halogens is 1. The number of amides is 1. The Morgan fingerprint density at radius 1 is 1.48 bits per heavy atom. The second-order valence-electron chi connectivity index (χ2n) is 4.14. The van der Waals surface area contributed by atoms with E-state index in [2.05, 4.69) is 36.9 Å². The SMILES string of the molecule is Cc1ccc(NC(=O)CSc2nnc(NN)n2N)c(Br)c1. The quantitative estimate of drug-likeness (QED) is 0.352. The molecule has 10 heteroatoms. The summed E-state index contributed by atoms with van der Waals surface area (Å²) in [5, 5.41) is 10.7. The van der Waals surface area contributed by atoms with E-state index in [0.717, 1.165) is 21.8 Å². The van der Waals surface area contributed by atoms with Crippen LogP contribution in [-0.4, -0.2) is 26.5 Å². The standard InChI is InChI=1S/C11H14BrN7OS/c1-6-2-3-8(7(12)4-6)15-9(20)5-21-11-18-17-10(16-13)19(11)14/h2-4H,5,13-14H2,1H3,(H,15,20)(H,16,17). The van der Waals surface area contributed by atoms with E-state index < -0.39 is 0 Å². The Labute approximate surface area is 133 Å². The molecule has 0 spiro atoms. The molecule has 1 aromatic carbocycles. The van der Waals surface area contributed by atoms with Crippen molar-refractivity contribution in [2.75, 3.05) is 22.3 Å². The number of anilines is 2. The maximum absolute atomic E-state index is 11.9. The van der Waals surface area contributed by atoms with Crippen molar-refractivity contribution in [1.82, 2.24) is 14.9 Å². The van der Waals surface area contributed by atoms with Crippen LogP contribution in [0.4, 0.5) is 11.6 Å². The van der Waals surface area contributed by atoms with Gasteiger partial charge in [-0.25, -0.2) is 10.5 Å². The number of nitrogens with one attached hydrogen (secondary N) is 2. The molecule has 21 heavy (non-hydrogen) atoms. The Bertz CT molecular complexity index is 660. The molecule has 0 aliphatic rings. The highest BCUT2D eigenvalue weighted by atomic mass is 79.9. The fourth-order valence-electron chi connectivity index (χ4n) is 1.51. The molecule has 0 aliphatic carbocycles. The largest absolute Gasteiger partial charge is 0.334 e. The predicted molar refractivity (Wildman–Crippen MR) is 86.2 cm³/mol. The Morgan fingerprint density at radius 3 is 2.86 bits per heavy atom. The Kier molecular flexibility index (Phi) is 5.04. The molecule has 1 heterocycles. The van der Waals surface area contributed by atoms with E-state index in [0.29, 0.717) is 10.8 Å². The molecule has 8 nitrogen and oxygen atoms in total. The highest BCUT2D eigenvalue weighted by Crippen LogP contribution is 2.24. The number of hydrogen-bond donors (Lipinski definition) is 4. The van der Waals surface area contributed by atoms with Crippen molar-refractivity contribution in [1.29, 1.82) is 0 Å². The molecule has 0 atom stereocenters. The monoisotopic (exact) mass is 371 g/mol. The first-order chi connectivity index (χ1) is 10.0. The molecule has 112 valence electrons. The van der Waals surface area contributed by atoms with Crippen LogP contribution in [0.5, 0.6) is 0 Å². The molecular formula is C11H14BrN7OS. The first kappa shape index (κ1) is 15.6. The van der Waals surface area contributed by atoms with Crippen LogP contribution in [0.15, 0.2) is 27.8 Å². The lowest BCUT2D eigenvalue weighted by Crippen LogP contribution is -2.19. The number of rotatable bonds is 5. The average molecular weight is 372 g/mol. The van der Waals surface area contributed by atoms with Crippen molar-refractivity contribution < 1.29 is 4.79 Å². The van der Waals surface area contributed by atoms with Crippen molar-refractivity contribution in [3.8, 4) is 0 Å². The fourth-order valence-corrected chi connectivity index (χ4v) is 2.76. The highest BCUT2D eigenvalue weighted by Gasteiger charge is 2.12. The number of thioether (sulfide) groups is 1. The van der Waals surface area contributed by atoms with Gasteiger partial charge in [-0.05, 0) is 40.5 Å². The number of aryl methyl sites for hydroxylation is 1. The van der Waals surface area contributed by atoms with Gasteiger partial charge in [0.15, 0.2) is 0 Å². The van der Waals surface area contributed by atoms with Crippen molar-refractivity contribution in [2.24, 2.45) is 5.84 Å². The van der Waals surface area contributed by atoms with E-state index in [1.165, 1.54) is 4.68 Å². The van der Waals surface area contributed by atoms with Crippen molar-refractivity contribution >= 4 is 45.2 Å². The van der Waals surface area contributed by atoms with Gasteiger partial charge in [0.05, 0.1) is 11.4 Å². The summed E-state index contributed by atoms with van der Waals surface area (Å²) in [6, 6.07) is 5.69. The topological polar surface area (TPSA) is 124 Å². The highest BCUT2D eigenvalue weighted by molar-refractivity contribution is 9.10. The van der Waals surface area contributed by atoms with Crippen LogP contribution < -0.4 is 22.4 Å².